The van der Waals surface area contributed by atoms with Crippen molar-refractivity contribution in [1.29, 1.82) is 0 Å². The van der Waals surface area contributed by atoms with Crippen LogP contribution in [0.1, 0.15) is 74.7 Å². The zero-order valence-corrected chi connectivity index (χ0v) is 16.6. The van der Waals surface area contributed by atoms with Gasteiger partial charge < -0.3 is 14.2 Å². The number of benzene rings is 1. The zero-order valence-electron chi connectivity index (χ0n) is 16.6. The van der Waals surface area contributed by atoms with Gasteiger partial charge >= 0.3 is 0 Å². The Bertz CT molecular complexity index is 781. The minimum Gasteiger partial charge on any atom is -0.484 e. The predicted molar refractivity (Wildman–Crippen MR) is 105 cm³/mol. The third-order valence-corrected chi connectivity index (χ3v) is 5.98. The molecule has 2 aromatic rings. The van der Waals surface area contributed by atoms with Crippen LogP contribution < -0.4 is 4.74 Å². The molecule has 0 N–H and O–H groups in total. The predicted octanol–water partition coefficient (Wildman–Crippen LogP) is 4.59. The molecule has 1 aromatic heterocycles. The van der Waals surface area contributed by atoms with Gasteiger partial charge in [0.1, 0.15) is 5.75 Å². The summed E-state index contributed by atoms with van der Waals surface area (Å²) < 4.78 is 11.1. The number of aryl methyl sites for hydroxylation is 1. The monoisotopic (exact) mass is 383 g/mol. The first kappa shape index (κ1) is 19.0. The molecule has 2 aliphatic rings. The number of amides is 1. The molecule has 6 heteroatoms. The Balaban J connectivity index is 1.32. The molecule has 1 atom stereocenters. The van der Waals surface area contributed by atoms with E-state index in [-0.39, 0.29) is 18.6 Å². The van der Waals surface area contributed by atoms with Crippen molar-refractivity contribution in [3.8, 4) is 5.75 Å². The highest BCUT2D eigenvalue weighted by molar-refractivity contribution is 5.76. The second-order valence-electron chi connectivity index (χ2n) is 8.08. The smallest absolute Gasteiger partial charge is 0.264 e. The second-order valence-corrected chi connectivity index (χ2v) is 8.08. The van der Waals surface area contributed by atoms with Crippen LogP contribution in [0.2, 0.25) is 0 Å². The third kappa shape index (κ3) is 4.54. The minimum atomic E-state index is -0.0621. The van der Waals surface area contributed by atoms with Crippen molar-refractivity contribution in [3.63, 3.8) is 0 Å². The van der Waals surface area contributed by atoms with Gasteiger partial charge in [-0.2, -0.15) is 4.98 Å². The van der Waals surface area contributed by atoms with Crippen molar-refractivity contribution in [2.45, 2.75) is 70.9 Å². The van der Waals surface area contributed by atoms with Crippen LogP contribution in [0.25, 0.3) is 0 Å². The molecule has 150 valence electrons. The first-order valence-corrected chi connectivity index (χ1v) is 10.5. The van der Waals surface area contributed by atoms with Crippen molar-refractivity contribution in [2.24, 2.45) is 5.92 Å². The Hall–Kier alpha value is -2.37. The van der Waals surface area contributed by atoms with Gasteiger partial charge in [0, 0.05) is 13.0 Å². The largest absolute Gasteiger partial charge is 0.484 e. The number of ether oxygens (including phenoxy) is 1. The molecule has 1 aliphatic carbocycles. The van der Waals surface area contributed by atoms with E-state index in [1.165, 1.54) is 31.2 Å². The van der Waals surface area contributed by atoms with Crippen LogP contribution >= 0.6 is 0 Å². The van der Waals surface area contributed by atoms with E-state index in [0.29, 0.717) is 18.1 Å². The molecular weight excluding hydrogens is 354 g/mol. The summed E-state index contributed by atoms with van der Waals surface area (Å²) in [5.74, 6) is 2.79. The molecule has 1 saturated heterocycles. The normalized spacial score (nSPS) is 20.0. The van der Waals surface area contributed by atoms with Crippen LogP contribution in [0, 0.1) is 12.8 Å². The molecule has 0 radical (unpaired) electrons. The van der Waals surface area contributed by atoms with Gasteiger partial charge in [0.05, 0.1) is 6.04 Å². The van der Waals surface area contributed by atoms with E-state index in [4.69, 9.17) is 9.26 Å². The molecule has 2 fully saturated rings. The Morgan fingerprint density at radius 1 is 1.18 bits per heavy atom. The van der Waals surface area contributed by atoms with Crippen LogP contribution in [0.4, 0.5) is 0 Å². The third-order valence-electron chi connectivity index (χ3n) is 5.98. The number of carbonyl (C=O) groups is 1. The Morgan fingerprint density at radius 2 is 1.96 bits per heavy atom. The molecule has 4 rings (SSSR count). The summed E-state index contributed by atoms with van der Waals surface area (Å²) >= 11 is 0. The van der Waals surface area contributed by atoms with E-state index in [0.717, 1.165) is 37.5 Å². The maximum atomic E-state index is 12.7. The fraction of sp³-hybridized carbons (Fsp3) is 0.591. The van der Waals surface area contributed by atoms with E-state index >= 15 is 0 Å². The van der Waals surface area contributed by atoms with E-state index in [1.54, 1.807) is 0 Å². The van der Waals surface area contributed by atoms with Crippen molar-refractivity contribution < 1.29 is 14.1 Å². The lowest BCUT2D eigenvalue weighted by atomic mass is 10.0. The summed E-state index contributed by atoms with van der Waals surface area (Å²) in [5, 5.41) is 4.13. The topological polar surface area (TPSA) is 68.5 Å². The SMILES string of the molecule is Cc1ccc(OCc2nc(C3CCCN3C(=O)CCC3CCCC3)no2)cc1. The lowest BCUT2D eigenvalue weighted by molar-refractivity contribution is -0.132. The quantitative estimate of drug-likeness (QED) is 0.699. The lowest BCUT2D eigenvalue weighted by Gasteiger charge is -2.23. The second kappa shape index (κ2) is 8.76. The number of rotatable bonds is 7. The van der Waals surface area contributed by atoms with Crippen molar-refractivity contribution >= 4 is 5.91 Å². The van der Waals surface area contributed by atoms with Gasteiger partial charge in [-0.1, -0.05) is 48.5 Å². The van der Waals surface area contributed by atoms with Gasteiger partial charge in [-0.25, -0.2) is 0 Å². The van der Waals surface area contributed by atoms with E-state index in [9.17, 15) is 4.79 Å². The molecule has 28 heavy (non-hydrogen) atoms. The summed E-state index contributed by atoms with van der Waals surface area (Å²) in [7, 11) is 0. The van der Waals surface area contributed by atoms with Crippen molar-refractivity contribution in [3.05, 3.63) is 41.5 Å². The number of aromatic nitrogens is 2. The fourth-order valence-electron chi connectivity index (χ4n) is 4.35. The highest BCUT2D eigenvalue weighted by Gasteiger charge is 2.33. The molecule has 6 nitrogen and oxygen atoms in total. The van der Waals surface area contributed by atoms with E-state index < -0.39 is 0 Å². The Kier molecular flexibility index (Phi) is 5.93. The molecule has 0 bridgehead atoms. The number of nitrogens with zero attached hydrogens (tertiary/aromatic N) is 3. The number of hydrogen-bond acceptors (Lipinski definition) is 5. The van der Waals surface area contributed by atoms with Crippen molar-refractivity contribution in [1.82, 2.24) is 15.0 Å². The molecule has 1 aromatic carbocycles. The van der Waals surface area contributed by atoms with Gasteiger partial charge in [0.25, 0.3) is 5.89 Å². The molecule has 2 heterocycles. The first-order valence-electron chi connectivity index (χ1n) is 10.5. The average molecular weight is 383 g/mol. The van der Waals surface area contributed by atoms with Crippen molar-refractivity contribution in [2.75, 3.05) is 6.54 Å². The molecule has 1 unspecified atom stereocenters. The highest BCUT2D eigenvalue weighted by atomic mass is 16.5. The van der Waals surface area contributed by atoms with E-state index in [1.807, 2.05) is 36.1 Å². The summed E-state index contributed by atoms with van der Waals surface area (Å²) in [5.41, 5.74) is 1.19. The summed E-state index contributed by atoms with van der Waals surface area (Å²) in [6.07, 6.45) is 8.75. The summed E-state index contributed by atoms with van der Waals surface area (Å²) in [6, 6.07) is 7.79. The van der Waals surface area contributed by atoms with Crippen LogP contribution in [-0.4, -0.2) is 27.5 Å². The molecule has 1 saturated carbocycles. The van der Waals surface area contributed by atoms with Gasteiger partial charge in [-0.15, -0.1) is 0 Å². The maximum absolute atomic E-state index is 12.7. The molecule has 1 aliphatic heterocycles. The minimum absolute atomic E-state index is 0.0621. The van der Waals surface area contributed by atoms with Crippen LogP contribution in [-0.2, 0) is 11.4 Å². The average Bonchev–Trinajstić information content (AvgIpc) is 3.47. The van der Waals surface area contributed by atoms with Gasteiger partial charge in [0.2, 0.25) is 5.91 Å². The summed E-state index contributed by atoms with van der Waals surface area (Å²) in [6.45, 7) is 3.06. The number of likely N-dealkylation sites (tertiary alicyclic amines) is 1. The maximum Gasteiger partial charge on any atom is 0.264 e. The zero-order chi connectivity index (χ0) is 19.3. The first-order chi connectivity index (χ1) is 13.7. The fourth-order valence-corrected chi connectivity index (χ4v) is 4.35. The van der Waals surface area contributed by atoms with Gasteiger partial charge in [-0.3, -0.25) is 4.79 Å². The number of hydrogen-bond donors (Lipinski definition) is 0. The molecule has 0 spiro atoms. The molecular formula is C22H29N3O3. The van der Waals surface area contributed by atoms with E-state index in [2.05, 4.69) is 10.1 Å². The molecule has 1 amide bonds. The van der Waals surface area contributed by atoms with Gasteiger partial charge in [-0.05, 0) is 44.2 Å². The standard InChI is InChI=1S/C22H29N3O3/c1-16-8-11-18(12-9-16)27-15-20-23-22(24-28-20)19-7-4-14-25(19)21(26)13-10-17-5-2-3-6-17/h8-9,11-12,17,19H,2-7,10,13-15H2,1H3. The Morgan fingerprint density at radius 3 is 2.75 bits per heavy atom. The number of carbonyl (C=O) groups excluding carboxylic acids is 1. The summed E-state index contributed by atoms with van der Waals surface area (Å²) in [4.78, 5) is 19.2. The van der Waals surface area contributed by atoms with Gasteiger partial charge in [0.15, 0.2) is 12.4 Å². The lowest BCUT2D eigenvalue weighted by Crippen LogP contribution is -2.31. The van der Waals surface area contributed by atoms with Crippen LogP contribution in [0.3, 0.4) is 0 Å². The van der Waals surface area contributed by atoms with Crippen LogP contribution in [0.5, 0.6) is 5.75 Å². The highest BCUT2D eigenvalue weighted by Crippen LogP contribution is 2.33. The van der Waals surface area contributed by atoms with Crippen LogP contribution in [0.15, 0.2) is 28.8 Å². The Labute approximate surface area is 166 Å².